The number of aryl methyl sites for hydroxylation is 1. The second-order valence-corrected chi connectivity index (χ2v) is 6.07. The molecule has 1 heterocycles. The third-order valence-electron chi connectivity index (χ3n) is 2.99. The van der Waals surface area contributed by atoms with Crippen LogP contribution >= 0.6 is 0 Å². The molecule has 0 aliphatic rings. The van der Waals surface area contributed by atoms with Crippen LogP contribution in [0.5, 0.6) is 0 Å². The first kappa shape index (κ1) is 17.5. The molecule has 0 spiro atoms. The third-order valence-corrected chi connectivity index (χ3v) is 2.99. The summed E-state index contributed by atoms with van der Waals surface area (Å²) in [7, 11) is 0. The number of alkyl carbamates (subject to hydrolysis) is 1. The molecule has 0 saturated carbocycles. The van der Waals surface area contributed by atoms with Gasteiger partial charge >= 0.3 is 6.09 Å². The van der Waals surface area contributed by atoms with E-state index in [0.29, 0.717) is 6.54 Å². The van der Waals surface area contributed by atoms with Crippen LogP contribution < -0.4 is 10.6 Å². The predicted octanol–water partition coefficient (Wildman–Crippen LogP) is 2.30. The lowest BCUT2D eigenvalue weighted by Gasteiger charge is -2.22. The van der Waals surface area contributed by atoms with E-state index in [9.17, 15) is 4.79 Å². The molecule has 6 nitrogen and oxygen atoms in total. The smallest absolute Gasteiger partial charge is 0.407 e. The Bertz CT molecular complexity index is 437. The van der Waals surface area contributed by atoms with Gasteiger partial charge in [0.1, 0.15) is 5.60 Å². The maximum Gasteiger partial charge on any atom is 0.407 e. The van der Waals surface area contributed by atoms with Crippen LogP contribution in [0, 0.1) is 0 Å². The maximum atomic E-state index is 11.6. The Balaban J connectivity index is 2.33. The maximum absolute atomic E-state index is 11.6. The molecule has 0 bridgehead atoms. The second kappa shape index (κ2) is 8.02. The van der Waals surface area contributed by atoms with E-state index in [1.807, 2.05) is 37.8 Å². The minimum absolute atomic E-state index is 0.211. The van der Waals surface area contributed by atoms with E-state index in [0.717, 1.165) is 25.1 Å². The molecule has 21 heavy (non-hydrogen) atoms. The standard InChI is InChI=1S/C15H28N4O2/c1-6-13(10-17-14(20)21-15(3,4)5)16-8-12-9-18-19(7-2)11-12/h9,11,13,16H,6-8,10H2,1-5H3,(H,17,20). The van der Waals surface area contributed by atoms with Crippen LogP contribution in [-0.2, 0) is 17.8 Å². The van der Waals surface area contributed by atoms with Crippen molar-refractivity contribution in [2.24, 2.45) is 0 Å². The molecule has 0 aliphatic heterocycles. The summed E-state index contributed by atoms with van der Waals surface area (Å²) in [5, 5.41) is 10.5. The summed E-state index contributed by atoms with van der Waals surface area (Å²) in [5.41, 5.74) is 0.682. The van der Waals surface area contributed by atoms with Crippen molar-refractivity contribution in [2.75, 3.05) is 6.54 Å². The molecule has 0 fully saturated rings. The van der Waals surface area contributed by atoms with Gasteiger partial charge in [0, 0.05) is 37.4 Å². The lowest BCUT2D eigenvalue weighted by atomic mass is 10.2. The monoisotopic (exact) mass is 296 g/mol. The Hall–Kier alpha value is -1.56. The highest BCUT2D eigenvalue weighted by Crippen LogP contribution is 2.06. The number of nitrogens with one attached hydrogen (secondary N) is 2. The molecule has 1 atom stereocenters. The molecule has 6 heteroatoms. The molecule has 2 N–H and O–H groups in total. The zero-order valence-corrected chi connectivity index (χ0v) is 13.8. The molecular weight excluding hydrogens is 268 g/mol. The van der Waals surface area contributed by atoms with Gasteiger partial charge in [-0.2, -0.15) is 5.10 Å². The highest BCUT2D eigenvalue weighted by atomic mass is 16.6. The molecule has 1 aromatic heterocycles. The lowest BCUT2D eigenvalue weighted by Crippen LogP contribution is -2.42. The molecule has 1 amide bonds. The Kier molecular flexibility index (Phi) is 6.68. The molecule has 0 aromatic carbocycles. The van der Waals surface area contributed by atoms with Gasteiger partial charge in [-0.15, -0.1) is 0 Å². The zero-order valence-electron chi connectivity index (χ0n) is 13.8. The Morgan fingerprint density at radius 3 is 2.67 bits per heavy atom. The zero-order chi connectivity index (χ0) is 15.9. The average molecular weight is 296 g/mol. The summed E-state index contributed by atoms with van der Waals surface area (Å²) >= 11 is 0. The number of hydrogen-bond donors (Lipinski definition) is 2. The van der Waals surface area contributed by atoms with Gasteiger partial charge < -0.3 is 15.4 Å². The van der Waals surface area contributed by atoms with Crippen molar-refractivity contribution >= 4 is 6.09 Å². The van der Waals surface area contributed by atoms with E-state index in [2.05, 4.69) is 29.6 Å². The van der Waals surface area contributed by atoms with E-state index in [1.165, 1.54) is 0 Å². The van der Waals surface area contributed by atoms with Crippen molar-refractivity contribution in [1.82, 2.24) is 20.4 Å². The first-order chi connectivity index (χ1) is 9.84. The van der Waals surface area contributed by atoms with Crippen LogP contribution in [-0.4, -0.2) is 34.1 Å². The largest absolute Gasteiger partial charge is 0.444 e. The van der Waals surface area contributed by atoms with E-state index in [-0.39, 0.29) is 12.1 Å². The minimum atomic E-state index is -0.464. The van der Waals surface area contributed by atoms with Crippen molar-refractivity contribution in [1.29, 1.82) is 0 Å². The number of aromatic nitrogens is 2. The Labute approximate surface area is 127 Å². The summed E-state index contributed by atoms with van der Waals surface area (Å²) < 4.78 is 7.12. The fourth-order valence-corrected chi connectivity index (χ4v) is 1.81. The minimum Gasteiger partial charge on any atom is -0.444 e. The third kappa shape index (κ3) is 7.13. The quantitative estimate of drug-likeness (QED) is 0.810. The van der Waals surface area contributed by atoms with E-state index < -0.39 is 5.60 Å². The van der Waals surface area contributed by atoms with Crippen molar-refractivity contribution in [3.8, 4) is 0 Å². The molecule has 120 valence electrons. The molecule has 1 unspecified atom stereocenters. The Morgan fingerprint density at radius 2 is 2.14 bits per heavy atom. The van der Waals surface area contributed by atoms with Gasteiger partial charge in [0.15, 0.2) is 0 Å². The van der Waals surface area contributed by atoms with Crippen molar-refractivity contribution < 1.29 is 9.53 Å². The number of carbonyl (C=O) groups excluding carboxylic acids is 1. The van der Waals surface area contributed by atoms with Crippen molar-refractivity contribution in [3.05, 3.63) is 18.0 Å². The summed E-state index contributed by atoms with van der Waals surface area (Å²) in [5.74, 6) is 0. The van der Waals surface area contributed by atoms with Crippen LogP contribution in [0.3, 0.4) is 0 Å². The van der Waals surface area contributed by atoms with Gasteiger partial charge in [-0.25, -0.2) is 4.79 Å². The first-order valence-electron chi connectivity index (χ1n) is 7.55. The molecule has 0 aliphatic carbocycles. The topological polar surface area (TPSA) is 68.2 Å². The van der Waals surface area contributed by atoms with E-state index in [1.54, 1.807) is 0 Å². The highest BCUT2D eigenvalue weighted by Gasteiger charge is 2.16. The molecule has 0 radical (unpaired) electrons. The normalized spacial score (nSPS) is 13.0. The van der Waals surface area contributed by atoms with Gasteiger partial charge in [0.05, 0.1) is 6.20 Å². The molecule has 1 aromatic rings. The van der Waals surface area contributed by atoms with Crippen molar-refractivity contribution in [3.63, 3.8) is 0 Å². The summed E-state index contributed by atoms with van der Waals surface area (Å²) in [6.07, 6.45) is 4.45. The van der Waals surface area contributed by atoms with Gasteiger partial charge in [0.2, 0.25) is 0 Å². The molecule has 1 rings (SSSR count). The SMILES string of the molecule is CCC(CNC(=O)OC(C)(C)C)NCc1cnn(CC)c1. The van der Waals surface area contributed by atoms with Crippen LogP contribution in [0.25, 0.3) is 0 Å². The second-order valence-electron chi connectivity index (χ2n) is 6.07. The molecule has 0 saturated heterocycles. The summed E-state index contributed by atoms with van der Waals surface area (Å²) in [6.45, 7) is 11.9. The van der Waals surface area contributed by atoms with Gasteiger partial charge in [-0.05, 0) is 34.1 Å². The Morgan fingerprint density at radius 1 is 1.43 bits per heavy atom. The van der Waals surface area contributed by atoms with E-state index in [4.69, 9.17) is 4.74 Å². The molecular formula is C15H28N4O2. The first-order valence-corrected chi connectivity index (χ1v) is 7.55. The van der Waals surface area contributed by atoms with Gasteiger partial charge in [0.25, 0.3) is 0 Å². The fraction of sp³-hybridized carbons (Fsp3) is 0.733. The number of carbonyl (C=O) groups is 1. The van der Waals surface area contributed by atoms with Crippen LogP contribution in [0.2, 0.25) is 0 Å². The van der Waals surface area contributed by atoms with Crippen LogP contribution in [0.15, 0.2) is 12.4 Å². The van der Waals surface area contributed by atoms with E-state index >= 15 is 0 Å². The fourth-order valence-electron chi connectivity index (χ4n) is 1.81. The predicted molar refractivity (Wildman–Crippen MR) is 83.1 cm³/mol. The van der Waals surface area contributed by atoms with Crippen LogP contribution in [0.4, 0.5) is 4.79 Å². The van der Waals surface area contributed by atoms with Crippen molar-refractivity contribution in [2.45, 2.75) is 65.8 Å². The number of amides is 1. The average Bonchev–Trinajstić information content (AvgIpc) is 2.85. The summed E-state index contributed by atoms with van der Waals surface area (Å²) in [4.78, 5) is 11.6. The highest BCUT2D eigenvalue weighted by molar-refractivity contribution is 5.67. The van der Waals surface area contributed by atoms with Gasteiger partial charge in [-0.1, -0.05) is 6.92 Å². The lowest BCUT2D eigenvalue weighted by molar-refractivity contribution is 0.0522. The number of rotatable bonds is 7. The number of nitrogens with zero attached hydrogens (tertiary/aromatic N) is 2. The van der Waals surface area contributed by atoms with Gasteiger partial charge in [-0.3, -0.25) is 4.68 Å². The van der Waals surface area contributed by atoms with Crippen LogP contribution in [0.1, 0.15) is 46.6 Å². The number of ether oxygens (including phenoxy) is 1. The number of hydrogen-bond acceptors (Lipinski definition) is 4. The summed E-state index contributed by atoms with van der Waals surface area (Å²) in [6, 6.07) is 0.211.